The molecule has 0 fully saturated rings. The lowest BCUT2D eigenvalue weighted by molar-refractivity contribution is -0.143. The highest BCUT2D eigenvalue weighted by Crippen LogP contribution is 2.33. The summed E-state index contributed by atoms with van der Waals surface area (Å²) in [4.78, 5) is 43.4. The lowest BCUT2D eigenvalue weighted by Gasteiger charge is -2.38. The van der Waals surface area contributed by atoms with E-state index in [1.165, 1.54) is 17.0 Å². The van der Waals surface area contributed by atoms with Crippen LogP contribution in [-0.2, 0) is 20.7 Å². The molecule has 3 N–H and O–H groups in total. The van der Waals surface area contributed by atoms with Gasteiger partial charge >= 0.3 is 6.09 Å². The monoisotopic (exact) mass is 607 g/mol. The summed E-state index contributed by atoms with van der Waals surface area (Å²) in [6, 6.07) is 14.9. The molecule has 2 unspecified atom stereocenters. The topological polar surface area (TPSA) is 108 Å². The number of hydrogen-bond acceptors (Lipinski definition) is 5. The molecule has 9 heteroatoms. The van der Waals surface area contributed by atoms with Crippen LogP contribution >= 0.6 is 11.6 Å². The molecule has 43 heavy (non-hydrogen) atoms. The number of rotatable bonds is 9. The van der Waals surface area contributed by atoms with Gasteiger partial charge < -0.3 is 25.4 Å². The van der Waals surface area contributed by atoms with Gasteiger partial charge in [-0.05, 0) is 101 Å². The molecule has 8 nitrogen and oxygen atoms in total. The summed E-state index contributed by atoms with van der Waals surface area (Å²) in [6.07, 6.45) is -0.653. The summed E-state index contributed by atoms with van der Waals surface area (Å²) in [6.45, 7) is 14.5. The van der Waals surface area contributed by atoms with Gasteiger partial charge in [0.15, 0.2) is 0 Å². The quantitative estimate of drug-likeness (QED) is 0.242. The smallest absolute Gasteiger partial charge is 0.408 e. The Morgan fingerprint density at radius 3 is 2.00 bits per heavy atom. The first-order chi connectivity index (χ1) is 20.1. The minimum absolute atomic E-state index is 0.0807. The minimum Gasteiger partial charge on any atom is -0.508 e. The van der Waals surface area contributed by atoms with Crippen LogP contribution in [0.25, 0.3) is 0 Å². The van der Waals surface area contributed by atoms with E-state index in [-0.39, 0.29) is 12.2 Å². The van der Waals surface area contributed by atoms with E-state index in [4.69, 9.17) is 16.3 Å². The fourth-order valence-electron chi connectivity index (χ4n) is 5.01. The molecule has 0 heterocycles. The Morgan fingerprint density at radius 2 is 1.47 bits per heavy atom. The number of amides is 3. The van der Waals surface area contributed by atoms with Crippen LogP contribution in [0.3, 0.4) is 0 Å². The average Bonchev–Trinajstić information content (AvgIpc) is 2.89. The molecule has 0 spiro atoms. The predicted molar refractivity (Wildman–Crippen MR) is 170 cm³/mol. The highest BCUT2D eigenvalue weighted by molar-refractivity contribution is 6.34. The minimum atomic E-state index is -1.08. The van der Waals surface area contributed by atoms with E-state index in [1.54, 1.807) is 45.0 Å². The molecule has 3 rings (SSSR count). The number of alkyl carbamates (subject to hydrolysis) is 1. The van der Waals surface area contributed by atoms with Crippen molar-refractivity contribution in [2.45, 2.75) is 85.5 Å². The second-order valence-corrected chi connectivity index (χ2v) is 12.4. The number of anilines is 1. The normalized spacial score (nSPS) is 12.8. The Hall–Kier alpha value is -4.04. The van der Waals surface area contributed by atoms with Gasteiger partial charge in [-0.3, -0.25) is 9.59 Å². The first-order valence-corrected chi connectivity index (χ1v) is 14.7. The second kappa shape index (κ2) is 14.0. The van der Waals surface area contributed by atoms with Crippen molar-refractivity contribution in [2.75, 3.05) is 5.32 Å². The number of ether oxygens (including phenoxy) is 1. The summed E-state index contributed by atoms with van der Waals surface area (Å²) in [7, 11) is 0. The van der Waals surface area contributed by atoms with Crippen LogP contribution in [0.2, 0.25) is 5.02 Å². The molecule has 3 aromatic carbocycles. The fraction of sp³-hybridized carbons (Fsp3) is 0.382. The number of aryl methyl sites for hydroxylation is 3. The first kappa shape index (κ1) is 33.5. The lowest BCUT2D eigenvalue weighted by atomic mass is 9.92. The Balaban J connectivity index is 2.14. The number of nitrogens with zero attached hydrogens (tertiary/aromatic N) is 1. The van der Waals surface area contributed by atoms with Crippen molar-refractivity contribution in [1.29, 1.82) is 0 Å². The van der Waals surface area contributed by atoms with Crippen molar-refractivity contribution < 1.29 is 24.2 Å². The number of hydrogen-bond donors (Lipinski definition) is 3. The van der Waals surface area contributed by atoms with Crippen LogP contribution in [0.15, 0.2) is 60.7 Å². The molecule has 0 saturated heterocycles. The highest BCUT2D eigenvalue weighted by atomic mass is 35.5. The van der Waals surface area contributed by atoms with Gasteiger partial charge in [-0.1, -0.05) is 54.1 Å². The maximum atomic E-state index is 14.6. The molecular formula is C34H42ClN3O5. The number of para-hydroxylation sites is 1. The number of benzene rings is 3. The van der Waals surface area contributed by atoms with Gasteiger partial charge in [-0.25, -0.2) is 4.79 Å². The highest BCUT2D eigenvalue weighted by Gasteiger charge is 2.39. The summed E-state index contributed by atoms with van der Waals surface area (Å²) >= 11 is 6.48. The predicted octanol–water partition coefficient (Wildman–Crippen LogP) is 7.02. The SMILES string of the molecule is Cc1cccc(Cl)c1NC(=O)C(c1c(C)cccc1C)N(C(=O)C(Cc1ccc(O)cc1)NC(=O)OC(C)(C)C)C(C)C. The molecular weight excluding hydrogens is 566 g/mol. The average molecular weight is 608 g/mol. The van der Waals surface area contributed by atoms with E-state index in [9.17, 15) is 19.5 Å². The van der Waals surface area contributed by atoms with Crippen molar-refractivity contribution >= 4 is 35.2 Å². The number of carbonyl (C=O) groups is 3. The van der Waals surface area contributed by atoms with E-state index in [1.807, 2.05) is 58.9 Å². The number of aromatic hydroxyl groups is 1. The van der Waals surface area contributed by atoms with Crippen molar-refractivity contribution in [2.24, 2.45) is 0 Å². The van der Waals surface area contributed by atoms with Crippen LogP contribution in [0.5, 0.6) is 5.75 Å². The Morgan fingerprint density at radius 1 is 0.907 bits per heavy atom. The zero-order chi connectivity index (χ0) is 32.1. The van der Waals surface area contributed by atoms with Gasteiger partial charge in [0.25, 0.3) is 5.91 Å². The third kappa shape index (κ3) is 8.74. The molecule has 0 saturated carbocycles. The fourth-order valence-corrected chi connectivity index (χ4v) is 5.28. The van der Waals surface area contributed by atoms with E-state index in [2.05, 4.69) is 10.6 Å². The third-order valence-corrected chi connectivity index (χ3v) is 7.30. The van der Waals surface area contributed by atoms with E-state index in [0.29, 0.717) is 21.8 Å². The number of phenolic OH excluding ortho intramolecular Hbond substituents is 1. The Bertz CT molecular complexity index is 1420. The van der Waals surface area contributed by atoms with Crippen molar-refractivity contribution in [3.8, 4) is 5.75 Å². The van der Waals surface area contributed by atoms with E-state index < -0.39 is 41.6 Å². The molecule has 3 aromatic rings. The molecule has 0 aromatic heterocycles. The largest absolute Gasteiger partial charge is 0.508 e. The van der Waals surface area contributed by atoms with Crippen LogP contribution in [0.4, 0.5) is 10.5 Å². The first-order valence-electron chi connectivity index (χ1n) is 14.3. The summed E-state index contributed by atoms with van der Waals surface area (Å²) < 4.78 is 5.50. The molecule has 3 amide bonds. The molecule has 0 aliphatic heterocycles. The van der Waals surface area contributed by atoms with Gasteiger partial charge in [0.1, 0.15) is 23.4 Å². The van der Waals surface area contributed by atoms with Gasteiger partial charge in [-0.2, -0.15) is 0 Å². The Labute approximate surface area is 259 Å². The summed E-state index contributed by atoms with van der Waals surface area (Å²) in [5.41, 5.74) is 3.52. The standard InChI is InChI=1S/C34H42ClN3O5/c1-20(2)38(32(41)27(36-33(42)43-34(6,7)8)19-24-15-17-25(39)18-16-24)30(28-21(3)11-9-12-22(28)4)31(40)37-29-23(5)13-10-14-26(29)35/h9-18,20,27,30,39H,19H2,1-8H3,(H,36,42)(H,37,40). The second-order valence-electron chi connectivity index (χ2n) is 12.0. The van der Waals surface area contributed by atoms with E-state index in [0.717, 1.165) is 16.7 Å². The van der Waals surface area contributed by atoms with Gasteiger partial charge in [-0.15, -0.1) is 0 Å². The molecule has 0 aliphatic rings. The van der Waals surface area contributed by atoms with Crippen LogP contribution in [0, 0.1) is 20.8 Å². The van der Waals surface area contributed by atoms with Crippen molar-refractivity contribution in [3.05, 3.63) is 93.5 Å². The number of nitrogens with one attached hydrogen (secondary N) is 2. The van der Waals surface area contributed by atoms with Gasteiger partial charge in [0, 0.05) is 12.5 Å². The molecule has 0 bridgehead atoms. The maximum Gasteiger partial charge on any atom is 0.408 e. The zero-order valence-electron chi connectivity index (χ0n) is 26.1. The van der Waals surface area contributed by atoms with Gasteiger partial charge in [0.2, 0.25) is 5.91 Å². The molecule has 0 aliphatic carbocycles. The van der Waals surface area contributed by atoms with Crippen LogP contribution < -0.4 is 10.6 Å². The van der Waals surface area contributed by atoms with Crippen LogP contribution in [-0.4, -0.2) is 45.6 Å². The number of phenols is 1. The maximum absolute atomic E-state index is 14.6. The zero-order valence-corrected chi connectivity index (χ0v) is 26.9. The number of halogens is 1. The lowest BCUT2D eigenvalue weighted by Crippen LogP contribution is -2.55. The van der Waals surface area contributed by atoms with Crippen LogP contribution in [0.1, 0.15) is 68.5 Å². The van der Waals surface area contributed by atoms with E-state index >= 15 is 0 Å². The molecule has 230 valence electrons. The number of carbonyl (C=O) groups excluding carboxylic acids is 3. The van der Waals surface area contributed by atoms with Gasteiger partial charge in [0.05, 0.1) is 10.7 Å². The van der Waals surface area contributed by atoms with Crippen molar-refractivity contribution in [3.63, 3.8) is 0 Å². The summed E-state index contributed by atoms with van der Waals surface area (Å²) in [5.74, 6) is -0.818. The Kier molecular flexibility index (Phi) is 10.9. The summed E-state index contributed by atoms with van der Waals surface area (Å²) in [5, 5.41) is 15.9. The molecule has 0 radical (unpaired) electrons. The molecule has 2 atom stereocenters. The van der Waals surface area contributed by atoms with Crippen molar-refractivity contribution in [1.82, 2.24) is 10.2 Å². The third-order valence-electron chi connectivity index (χ3n) is 6.99.